The number of hydrogen-bond donors (Lipinski definition) is 0. The summed E-state index contributed by atoms with van der Waals surface area (Å²) in [5.41, 5.74) is 1.59. The van der Waals surface area contributed by atoms with Crippen LogP contribution in [0, 0.1) is 0 Å². The number of carbonyl (C=O) groups excluding carboxylic acids is 1. The molecule has 0 fully saturated rings. The molecule has 0 aliphatic heterocycles. The van der Waals surface area contributed by atoms with Gasteiger partial charge in [0.05, 0.1) is 6.54 Å². The van der Waals surface area contributed by atoms with Gasteiger partial charge in [0.15, 0.2) is 5.78 Å². The molecule has 2 heterocycles. The van der Waals surface area contributed by atoms with Crippen molar-refractivity contribution >= 4 is 33.0 Å². The van der Waals surface area contributed by atoms with E-state index >= 15 is 0 Å². The van der Waals surface area contributed by atoms with Gasteiger partial charge in [-0.05, 0) is 40.9 Å². The van der Waals surface area contributed by atoms with Crippen LogP contribution < -0.4 is 5.56 Å². The molecule has 0 amide bonds. The SMILES string of the molecule is O=C1CCCc2c1ccc(=O)n2Cc1cc(Br)cs1. The van der Waals surface area contributed by atoms with Gasteiger partial charge in [-0.1, -0.05) is 0 Å². The molecular formula is C14H12BrNO2S. The van der Waals surface area contributed by atoms with E-state index in [1.165, 1.54) is 6.07 Å². The summed E-state index contributed by atoms with van der Waals surface area (Å²) in [6.07, 6.45) is 2.24. The first kappa shape index (κ1) is 12.8. The third-order valence-corrected chi connectivity index (χ3v) is 5.03. The molecule has 3 rings (SSSR count). The molecule has 0 N–H and O–H groups in total. The van der Waals surface area contributed by atoms with Crippen LogP contribution in [0.25, 0.3) is 0 Å². The highest BCUT2D eigenvalue weighted by Crippen LogP contribution is 2.23. The van der Waals surface area contributed by atoms with Gasteiger partial charge in [-0.15, -0.1) is 11.3 Å². The minimum absolute atomic E-state index is 0.0297. The summed E-state index contributed by atoms with van der Waals surface area (Å²) in [6.45, 7) is 0.547. The molecule has 98 valence electrons. The first-order valence-electron chi connectivity index (χ1n) is 6.14. The minimum atomic E-state index is -0.0297. The van der Waals surface area contributed by atoms with E-state index in [4.69, 9.17) is 0 Å². The molecule has 19 heavy (non-hydrogen) atoms. The molecule has 0 saturated carbocycles. The van der Waals surface area contributed by atoms with Gasteiger partial charge >= 0.3 is 0 Å². The first-order chi connectivity index (χ1) is 9.15. The Labute approximate surface area is 123 Å². The predicted molar refractivity (Wildman–Crippen MR) is 79.1 cm³/mol. The quantitative estimate of drug-likeness (QED) is 0.843. The van der Waals surface area contributed by atoms with E-state index in [0.717, 1.165) is 33.4 Å². The van der Waals surface area contributed by atoms with Gasteiger partial charge in [-0.25, -0.2) is 0 Å². The van der Waals surface area contributed by atoms with Crippen LogP contribution in [-0.2, 0) is 13.0 Å². The molecule has 0 unspecified atom stereocenters. The lowest BCUT2D eigenvalue weighted by Crippen LogP contribution is -2.28. The monoisotopic (exact) mass is 337 g/mol. The second kappa shape index (κ2) is 5.06. The molecular weight excluding hydrogens is 326 g/mol. The molecule has 0 radical (unpaired) electrons. The average Bonchev–Trinajstić information content (AvgIpc) is 2.79. The molecule has 0 aromatic carbocycles. The Morgan fingerprint density at radius 2 is 2.11 bits per heavy atom. The molecule has 0 bridgehead atoms. The van der Waals surface area contributed by atoms with Crippen molar-refractivity contribution in [1.29, 1.82) is 0 Å². The lowest BCUT2D eigenvalue weighted by atomic mass is 9.94. The molecule has 0 saturated heterocycles. The molecule has 1 aliphatic carbocycles. The van der Waals surface area contributed by atoms with Crippen molar-refractivity contribution in [3.8, 4) is 0 Å². The fourth-order valence-corrected chi connectivity index (χ4v) is 3.90. The van der Waals surface area contributed by atoms with Gasteiger partial charge in [0, 0.05) is 38.5 Å². The second-order valence-electron chi connectivity index (χ2n) is 4.63. The molecule has 0 spiro atoms. The van der Waals surface area contributed by atoms with Crippen LogP contribution >= 0.6 is 27.3 Å². The number of thiophene rings is 1. The number of ketones is 1. The Kier molecular flexibility index (Phi) is 3.41. The zero-order valence-corrected chi connectivity index (χ0v) is 12.6. The number of Topliss-reactive ketones (excluding diaryl/α,β-unsaturated/α-hetero) is 1. The number of hydrogen-bond acceptors (Lipinski definition) is 3. The summed E-state index contributed by atoms with van der Waals surface area (Å²) in [5, 5.41) is 2.00. The van der Waals surface area contributed by atoms with Crippen LogP contribution in [0.15, 0.2) is 32.8 Å². The van der Waals surface area contributed by atoms with Crippen LogP contribution in [0.5, 0.6) is 0 Å². The van der Waals surface area contributed by atoms with Crippen molar-refractivity contribution < 1.29 is 4.79 Å². The van der Waals surface area contributed by atoms with E-state index in [-0.39, 0.29) is 11.3 Å². The summed E-state index contributed by atoms with van der Waals surface area (Å²) in [4.78, 5) is 25.1. The van der Waals surface area contributed by atoms with Crippen LogP contribution in [0.4, 0.5) is 0 Å². The van der Waals surface area contributed by atoms with Crippen molar-refractivity contribution in [3.05, 3.63) is 54.5 Å². The Morgan fingerprint density at radius 1 is 1.26 bits per heavy atom. The van der Waals surface area contributed by atoms with Crippen molar-refractivity contribution in [1.82, 2.24) is 4.57 Å². The molecule has 3 nitrogen and oxygen atoms in total. The highest BCUT2D eigenvalue weighted by atomic mass is 79.9. The van der Waals surface area contributed by atoms with E-state index in [9.17, 15) is 9.59 Å². The normalized spacial score (nSPS) is 14.5. The van der Waals surface area contributed by atoms with Crippen molar-refractivity contribution in [2.45, 2.75) is 25.8 Å². The predicted octanol–water partition coefficient (Wildman–Crippen LogP) is 3.24. The third kappa shape index (κ3) is 2.44. The Balaban J connectivity index is 2.07. The number of nitrogens with zero attached hydrogens (tertiary/aromatic N) is 1. The molecule has 2 aromatic rings. The highest BCUT2D eigenvalue weighted by Gasteiger charge is 2.20. The van der Waals surface area contributed by atoms with Gasteiger partial charge in [0.1, 0.15) is 0 Å². The van der Waals surface area contributed by atoms with Gasteiger partial charge in [0.2, 0.25) is 0 Å². The average molecular weight is 338 g/mol. The first-order valence-corrected chi connectivity index (χ1v) is 7.81. The Hall–Kier alpha value is -1.20. The van der Waals surface area contributed by atoms with E-state index in [2.05, 4.69) is 15.9 Å². The lowest BCUT2D eigenvalue weighted by molar-refractivity contribution is 0.0970. The van der Waals surface area contributed by atoms with Gasteiger partial charge < -0.3 is 4.57 Å². The van der Waals surface area contributed by atoms with E-state index in [1.807, 2.05) is 11.4 Å². The maximum atomic E-state index is 12.1. The number of rotatable bonds is 2. The molecule has 5 heteroatoms. The van der Waals surface area contributed by atoms with Crippen LogP contribution in [0.3, 0.4) is 0 Å². The number of carbonyl (C=O) groups is 1. The summed E-state index contributed by atoms with van der Waals surface area (Å²) in [7, 11) is 0. The van der Waals surface area contributed by atoms with Crippen LogP contribution in [0.1, 0.15) is 33.8 Å². The highest BCUT2D eigenvalue weighted by molar-refractivity contribution is 9.10. The molecule has 0 atom stereocenters. The van der Waals surface area contributed by atoms with Crippen molar-refractivity contribution in [2.24, 2.45) is 0 Å². The number of halogens is 1. The van der Waals surface area contributed by atoms with Gasteiger partial charge in [-0.2, -0.15) is 0 Å². The second-order valence-corrected chi connectivity index (χ2v) is 6.54. The van der Waals surface area contributed by atoms with E-state index < -0.39 is 0 Å². The summed E-state index contributed by atoms with van der Waals surface area (Å²) >= 11 is 5.03. The number of aromatic nitrogens is 1. The van der Waals surface area contributed by atoms with Crippen LogP contribution in [0.2, 0.25) is 0 Å². The lowest BCUT2D eigenvalue weighted by Gasteiger charge is -2.19. The smallest absolute Gasteiger partial charge is 0.251 e. The maximum Gasteiger partial charge on any atom is 0.251 e. The fraction of sp³-hybridized carbons (Fsp3) is 0.286. The minimum Gasteiger partial charge on any atom is -0.307 e. The Bertz CT molecular complexity index is 702. The number of pyridine rings is 1. The molecule has 1 aliphatic rings. The third-order valence-electron chi connectivity index (χ3n) is 3.35. The summed E-state index contributed by atoms with van der Waals surface area (Å²) in [5.74, 6) is 0.155. The molecule has 2 aromatic heterocycles. The number of fused-ring (bicyclic) bond motifs is 1. The van der Waals surface area contributed by atoms with Crippen molar-refractivity contribution in [3.63, 3.8) is 0 Å². The van der Waals surface area contributed by atoms with E-state index in [1.54, 1.807) is 22.0 Å². The van der Waals surface area contributed by atoms with Gasteiger partial charge in [-0.3, -0.25) is 9.59 Å². The van der Waals surface area contributed by atoms with Gasteiger partial charge in [0.25, 0.3) is 5.56 Å². The summed E-state index contributed by atoms with van der Waals surface area (Å²) in [6, 6.07) is 5.20. The fourth-order valence-electron chi connectivity index (χ4n) is 2.46. The largest absolute Gasteiger partial charge is 0.307 e. The van der Waals surface area contributed by atoms with E-state index in [0.29, 0.717) is 13.0 Å². The zero-order chi connectivity index (χ0) is 13.4. The standard InChI is InChI=1S/C14H12BrNO2S/c15-9-6-10(19-8-9)7-16-12-2-1-3-13(17)11(12)4-5-14(16)18/h4-6,8H,1-3,7H2. The summed E-state index contributed by atoms with van der Waals surface area (Å²) < 4.78 is 2.77. The zero-order valence-electron chi connectivity index (χ0n) is 10.2. The van der Waals surface area contributed by atoms with Crippen molar-refractivity contribution in [2.75, 3.05) is 0 Å². The maximum absolute atomic E-state index is 12.1. The Morgan fingerprint density at radius 3 is 2.84 bits per heavy atom. The van der Waals surface area contributed by atoms with Crippen LogP contribution in [-0.4, -0.2) is 10.4 Å². The topological polar surface area (TPSA) is 39.1 Å².